The van der Waals surface area contributed by atoms with Gasteiger partial charge in [-0.15, -0.1) is 12.4 Å². The monoisotopic (exact) mass is 545 g/mol. The molecule has 0 aliphatic carbocycles. The molecule has 0 spiro atoms. The molecule has 1 fully saturated rings. The average molecular weight is 547 g/mol. The van der Waals surface area contributed by atoms with E-state index in [9.17, 15) is 13.2 Å². The minimum atomic E-state index is -4.37. The first-order valence-corrected chi connectivity index (χ1v) is 10.5. The van der Waals surface area contributed by atoms with Gasteiger partial charge >= 0.3 is 6.18 Å². The van der Waals surface area contributed by atoms with Crippen LogP contribution >= 0.6 is 28.3 Å². The van der Waals surface area contributed by atoms with E-state index in [1.165, 1.54) is 12.1 Å². The van der Waals surface area contributed by atoms with Crippen LogP contribution in [-0.2, 0) is 12.8 Å². The van der Waals surface area contributed by atoms with Crippen molar-refractivity contribution in [1.29, 1.82) is 5.41 Å². The maximum absolute atomic E-state index is 12.7. The molecular weight excluding hydrogens is 527 g/mol. The summed E-state index contributed by atoms with van der Waals surface area (Å²) in [4.78, 5) is 6.19. The van der Waals surface area contributed by atoms with Crippen molar-refractivity contribution in [1.82, 2.24) is 15.0 Å². The van der Waals surface area contributed by atoms with E-state index in [0.717, 1.165) is 25.0 Å². The van der Waals surface area contributed by atoms with Gasteiger partial charge in [-0.2, -0.15) is 18.2 Å². The number of alkyl halides is 3. The van der Waals surface area contributed by atoms with Crippen molar-refractivity contribution in [3.05, 3.63) is 64.0 Å². The van der Waals surface area contributed by atoms with Crippen molar-refractivity contribution in [3.63, 3.8) is 0 Å². The molecule has 2 heterocycles. The maximum Gasteiger partial charge on any atom is 0.416 e. The highest BCUT2D eigenvalue weighted by molar-refractivity contribution is 9.10. The summed E-state index contributed by atoms with van der Waals surface area (Å²) in [5, 5.41) is 11.7. The number of nitrogens with one attached hydrogen (secondary N) is 1. The number of aromatic nitrogens is 2. The van der Waals surface area contributed by atoms with Gasteiger partial charge in [0.1, 0.15) is 18.4 Å². The molecule has 7 nitrogen and oxygen atoms in total. The third-order valence-corrected chi connectivity index (χ3v) is 5.77. The van der Waals surface area contributed by atoms with E-state index in [1.807, 2.05) is 0 Å². The molecule has 176 valence electrons. The molecule has 1 saturated heterocycles. The Hall–Kier alpha value is -2.79. The smallest absolute Gasteiger partial charge is 0.416 e. The number of halogens is 5. The van der Waals surface area contributed by atoms with Gasteiger partial charge < -0.3 is 19.9 Å². The molecule has 1 aliphatic heterocycles. The Morgan fingerprint density at radius 3 is 2.61 bits per heavy atom. The van der Waals surface area contributed by atoms with Crippen LogP contribution in [0.2, 0.25) is 0 Å². The molecule has 0 unspecified atom stereocenters. The van der Waals surface area contributed by atoms with Crippen molar-refractivity contribution in [3.8, 4) is 17.1 Å². The normalized spacial score (nSPS) is 15.9. The van der Waals surface area contributed by atoms with Crippen molar-refractivity contribution in [2.75, 3.05) is 6.54 Å². The fourth-order valence-electron chi connectivity index (χ4n) is 3.51. The third kappa shape index (κ3) is 5.59. The lowest BCUT2D eigenvalue weighted by molar-refractivity contribution is -0.137. The van der Waals surface area contributed by atoms with Gasteiger partial charge in [0.05, 0.1) is 10.0 Å². The topological polar surface area (TPSA) is 101 Å². The summed E-state index contributed by atoms with van der Waals surface area (Å²) in [6, 6.07) is 9.89. The number of benzene rings is 2. The summed E-state index contributed by atoms with van der Waals surface area (Å²) in [5.41, 5.74) is 6.24. The van der Waals surface area contributed by atoms with Crippen molar-refractivity contribution in [2.45, 2.75) is 31.7 Å². The van der Waals surface area contributed by atoms with Gasteiger partial charge in [0.2, 0.25) is 11.7 Å². The quantitative estimate of drug-likeness (QED) is 0.321. The second kappa shape index (κ2) is 10.0. The minimum absolute atomic E-state index is 0. The third-order valence-electron chi connectivity index (χ3n) is 5.15. The molecular formula is C21H20BrClF3N5O2. The predicted octanol–water partition coefficient (Wildman–Crippen LogP) is 5.55. The summed E-state index contributed by atoms with van der Waals surface area (Å²) in [5.74, 6) is 1.30. The Labute approximate surface area is 202 Å². The van der Waals surface area contributed by atoms with Crippen molar-refractivity contribution >= 4 is 34.3 Å². The number of guanidine groups is 1. The summed E-state index contributed by atoms with van der Waals surface area (Å²) in [7, 11) is 0. The minimum Gasteiger partial charge on any atom is -0.488 e. The lowest BCUT2D eigenvalue weighted by atomic mass is 10.1. The van der Waals surface area contributed by atoms with E-state index < -0.39 is 11.7 Å². The molecule has 4 rings (SSSR count). The summed E-state index contributed by atoms with van der Waals surface area (Å²) in [6.45, 7) is 0.791. The summed E-state index contributed by atoms with van der Waals surface area (Å²) in [6.07, 6.45) is -2.70. The zero-order valence-electron chi connectivity index (χ0n) is 17.1. The van der Waals surface area contributed by atoms with Crippen LogP contribution in [0.15, 0.2) is 51.5 Å². The molecule has 0 amide bonds. The maximum atomic E-state index is 12.7. The highest BCUT2D eigenvalue weighted by atomic mass is 79.9. The first-order chi connectivity index (χ1) is 15.2. The Bertz CT molecular complexity index is 1120. The molecule has 1 atom stereocenters. The Morgan fingerprint density at radius 1 is 1.24 bits per heavy atom. The number of rotatable bonds is 5. The van der Waals surface area contributed by atoms with Crippen LogP contribution in [0, 0.1) is 5.41 Å². The van der Waals surface area contributed by atoms with Gasteiger partial charge in [0.15, 0.2) is 5.96 Å². The Balaban J connectivity index is 0.00000306. The van der Waals surface area contributed by atoms with Crippen molar-refractivity contribution in [2.24, 2.45) is 5.73 Å². The average Bonchev–Trinajstić information content (AvgIpc) is 3.42. The van der Waals surface area contributed by atoms with Crippen LogP contribution in [0.5, 0.6) is 5.75 Å². The van der Waals surface area contributed by atoms with Crippen LogP contribution in [0.1, 0.15) is 35.9 Å². The lowest BCUT2D eigenvalue weighted by Gasteiger charge is -2.21. The van der Waals surface area contributed by atoms with E-state index in [1.54, 1.807) is 23.1 Å². The number of nitrogens with zero attached hydrogens (tertiary/aromatic N) is 3. The van der Waals surface area contributed by atoms with E-state index >= 15 is 0 Å². The molecule has 1 aromatic heterocycles. The van der Waals surface area contributed by atoms with Crippen LogP contribution in [0.4, 0.5) is 13.2 Å². The standard InChI is InChI=1S/C21H19BrF3N5O2.ClH/c22-15-10-13(18-28-19(32-29-18)16-2-1-9-30(16)20(26)27)5-8-17(15)31-11-12-3-6-14(7-4-12)21(23,24)25;/h3-8,10,16H,1-2,9,11H2,(H3,26,27);1H/t16-;/m0./s1. The van der Waals surface area contributed by atoms with Crippen LogP contribution < -0.4 is 10.5 Å². The summed E-state index contributed by atoms with van der Waals surface area (Å²) >= 11 is 3.44. The number of likely N-dealkylation sites (tertiary alicyclic amines) is 1. The van der Waals surface area contributed by atoms with E-state index in [2.05, 4.69) is 26.1 Å². The lowest BCUT2D eigenvalue weighted by Crippen LogP contribution is -2.35. The first kappa shape index (κ1) is 24.8. The largest absolute Gasteiger partial charge is 0.488 e. The molecule has 0 saturated carbocycles. The van der Waals surface area contributed by atoms with Gasteiger partial charge in [-0.05, 0) is 64.7 Å². The molecule has 1 aliphatic rings. The van der Waals surface area contributed by atoms with Crippen LogP contribution in [0.3, 0.4) is 0 Å². The second-order valence-electron chi connectivity index (χ2n) is 7.32. The van der Waals surface area contributed by atoms with E-state index in [4.69, 9.17) is 20.4 Å². The van der Waals surface area contributed by atoms with Gasteiger partial charge in [-0.3, -0.25) is 5.41 Å². The SMILES string of the molecule is Cl.N=C(N)N1CCC[C@H]1c1nc(-c2ccc(OCc3ccc(C(F)(F)F)cc3)c(Br)c2)no1. The fourth-order valence-corrected chi connectivity index (χ4v) is 4.00. The van der Waals surface area contributed by atoms with Gasteiger partial charge in [0, 0.05) is 12.1 Å². The highest BCUT2D eigenvalue weighted by Crippen LogP contribution is 2.34. The first-order valence-electron chi connectivity index (χ1n) is 9.75. The van der Waals surface area contributed by atoms with Gasteiger partial charge in [-0.1, -0.05) is 17.3 Å². The number of nitrogens with two attached hydrogens (primary N) is 1. The predicted molar refractivity (Wildman–Crippen MR) is 121 cm³/mol. The zero-order chi connectivity index (χ0) is 22.9. The zero-order valence-corrected chi connectivity index (χ0v) is 19.5. The molecule has 0 bridgehead atoms. The van der Waals surface area contributed by atoms with E-state index in [-0.39, 0.29) is 31.0 Å². The number of hydrogen-bond acceptors (Lipinski definition) is 5. The number of hydrogen-bond donors (Lipinski definition) is 2. The molecule has 12 heteroatoms. The molecule has 3 aromatic rings. The Morgan fingerprint density at radius 2 is 1.97 bits per heavy atom. The van der Waals surface area contributed by atoms with Gasteiger partial charge in [-0.25, -0.2) is 0 Å². The molecule has 33 heavy (non-hydrogen) atoms. The van der Waals surface area contributed by atoms with E-state index in [0.29, 0.717) is 39.6 Å². The van der Waals surface area contributed by atoms with Gasteiger partial charge in [0.25, 0.3) is 0 Å². The molecule has 0 radical (unpaired) electrons. The summed E-state index contributed by atoms with van der Waals surface area (Å²) < 4.78 is 49.8. The fraction of sp³-hybridized carbons (Fsp3) is 0.286. The Kier molecular flexibility index (Phi) is 7.53. The van der Waals surface area contributed by atoms with Crippen molar-refractivity contribution < 1.29 is 22.4 Å². The van der Waals surface area contributed by atoms with Crippen LogP contribution in [0.25, 0.3) is 11.4 Å². The van der Waals surface area contributed by atoms with Crippen LogP contribution in [-0.4, -0.2) is 27.5 Å². The molecule has 2 aromatic carbocycles. The second-order valence-corrected chi connectivity index (χ2v) is 8.18. The number of ether oxygens (including phenoxy) is 1. The molecule has 3 N–H and O–H groups in total. The highest BCUT2D eigenvalue weighted by Gasteiger charge is 2.32.